The quantitative estimate of drug-likeness (QED) is 0.846. The average molecular weight is 279 g/mol. The molecule has 19 heavy (non-hydrogen) atoms. The first kappa shape index (κ1) is 13.6. The van der Waals surface area contributed by atoms with E-state index in [4.69, 9.17) is 0 Å². The molecule has 1 heterocycles. The highest BCUT2D eigenvalue weighted by Crippen LogP contribution is 2.24. The number of anilines is 1. The Labute approximate surface area is 114 Å². The van der Waals surface area contributed by atoms with Crippen LogP contribution in [-0.2, 0) is 4.79 Å². The van der Waals surface area contributed by atoms with Gasteiger partial charge in [-0.15, -0.1) is 11.8 Å². The van der Waals surface area contributed by atoms with Crippen molar-refractivity contribution >= 4 is 23.4 Å². The Morgan fingerprint density at radius 3 is 2.89 bits per heavy atom. The Morgan fingerprint density at radius 1 is 1.47 bits per heavy atom. The van der Waals surface area contributed by atoms with Gasteiger partial charge in [0.25, 0.3) is 0 Å². The van der Waals surface area contributed by atoms with Gasteiger partial charge in [0.2, 0.25) is 5.91 Å². The number of benzene rings is 1. The predicted octanol–water partition coefficient (Wildman–Crippen LogP) is 2.90. The molecule has 0 saturated carbocycles. The third-order valence-electron chi connectivity index (χ3n) is 2.52. The number of H-pyrrole nitrogens is 1. The van der Waals surface area contributed by atoms with E-state index in [1.165, 1.54) is 23.9 Å². The first-order valence-corrected chi connectivity index (χ1v) is 6.74. The maximum atomic E-state index is 13.0. The van der Waals surface area contributed by atoms with Crippen molar-refractivity contribution < 1.29 is 9.18 Å². The summed E-state index contributed by atoms with van der Waals surface area (Å²) in [5, 5.41) is 9.58. The van der Waals surface area contributed by atoms with Gasteiger partial charge in [-0.3, -0.25) is 9.89 Å². The van der Waals surface area contributed by atoms with Crippen LogP contribution in [0.3, 0.4) is 0 Å². The number of carbonyl (C=O) groups is 1. The maximum absolute atomic E-state index is 13.0. The SMILES string of the molecule is Cc1n[nH]c(C)c1SCC(=O)Nc1cccc(F)c1. The summed E-state index contributed by atoms with van der Waals surface area (Å²) in [5.41, 5.74) is 2.29. The van der Waals surface area contributed by atoms with Gasteiger partial charge in [0.15, 0.2) is 0 Å². The molecule has 1 amide bonds. The van der Waals surface area contributed by atoms with Crippen LogP contribution in [0.5, 0.6) is 0 Å². The van der Waals surface area contributed by atoms with Crippen molar-refractivity contribution in [3.63, 3.8) is 0 Å². The molecular formula is C13H14FN3OS. The molecule has 1 aromatic heterocycles. The molecule has 2 N–H and O–H groups in total. The van der Waals surface area contributed by atoms with Gasteiger partial charge in [-0.1, -0.05) is 6.07 Å². The normalized spacial score (nSPS) is 10.5. The van der Waals surface area contributed by atoms with Crippen LogP contribution < -0.4 is 5.32 Å². The van der Waals surface area contributed by atoms with Gasteiger partial charge in [-0.05, 0) is 32.0 Å². The van der Waals surface area contributed by atoms with Gasteiger partial charge in [0.05, 0.1) is 16.3 Å². The van der Waals surface area contributed by atoms with Gasteiger partial charge in [0, 0.05) is 11.4 Å². The molecule has 2 aromatic rings. The standard InChI is InChI=1S/C13H14FN3OS/c1-8-13(9(2)17-16-8)19-7-12(18)15-11-5-3-4-10(14)6-11/h3-6H,7H2,1-2H3,(H,15,18)(H,16,17). The molecule has 0 saturated heterocycles. The van der Waals surface area contributed by atoms with Crippen LogP contribution in [0, 0.1) is 19.7 Å². The van der Waals surface area contributed by atoms with Crippen molar-refractivity contribution in [1.82, 2.24) is 10.2 Å². The van der Waals surface area contributed by atoms with Crippen molar-refractivity contribution in [1.29, 1.82) is 0 Å². The summed E-state index contributed by atoms with van der Waals surface area (Å²) in [6, 6.07) is 5.84. The number of thioether (sulfide) groups is 1. The minimum Gasteiger partial charge on any atom is -0.325 e. The lowest BCUT2D eigenvalue weighted by molar-refractivity contribution is -0.113. The van der Waals surface area contributed by atoms with E-state index in [0.717, 1.165) is 16.3 Å². The summed E-state index contributed by atoms with van der Waals surface area (Å²) in [4.78, 5) is 12.7. The zero-order chi connectivity index (χ0) is 13.8. The first-order chi connectivity index (χ1) is 9.06. The lowest BCUT2D eigenvalue weighted by Gasteiger charge is -2.05. The second-order valence-electron chi connectivity index (χ2n) is 4.11. The number of rotatable bonds is 4. The fraction of sp³-hybridized carbons (Fsp3) is 0.231. The summed E-state index contributed by atoms with van der Waals surface area (Å²) in [6.07, 6.45) is 0. The van der Waals surface area contributed by atoms with Crippen LogP contribution in [0.1, 0.15) is 11.4 Å². The Hall–Kier alpha value is -1.82. The molecule has 1 aromatic carbocycles. The summed E-state index contributed by atoms with van der Waals surface area (Å²) < 4.78 is 13.0. The number of aromatic nitrogens is 2. The Bertz CT molecular complexity index is 578. The fourth-order valence-electron chi connectivity index (χ4n) is 1.65. The van der Waals surface area contributed by atoms with E-state index in [1.807, 2.05) is 13.8 Å². The van der Waals surface area contributed by atoms with E-state index < -0.39 is 0 Å². The van der Waals surface area contributed by atoms with Crippen LogP contribution >= 0.6 is 11.8 Å². The smallest absolute Gasteiger partial charge is 0.234 e. The van der Waals surface area contributed by atoms with E-state index >= 15 is 0 Å². The summed E-state index contributed by atoms with van der Waals surface area (Å²) in [5.74, 6) is -0.278. The van der Waals surface area contributed by atoms with Gasteiger partial charge >= 0.3 is 0 Å². The van der Waals surface area contributed by atoms with Crippen LogP contribution in [0.15, 0.2) is 29.2 Å². The minimum atomic E-state index is -0.369. The van der Waals surface area contributed by atoms with E-state index in [-0.39, 0.29) is 17.5 Å². The number of aryl methyl sites for hydroxylation is 2. The third-order valence-corrected chi connectivity index (χ3v) is 3.81. The van der Waals surface area contributed by atoms with Gasteiger partial charge in [-0.2, -0.15) is 5.10 Å². The molecule has 0 bridgehead atoms. The van der Waals surface area contributed by atoms with Crippen molar-refractivity contribution in [3.8, 4) is 0 Å². The van der Waals surface area contributed by atoms with Crippen LogP contribution in [0.25, 0.3) is 0 Å². The molecule has 0 aliphatic rings. The van der Waals surface area contributed by atoms with Crippen molar-refractivity contribution in [2.24, 2.45) is 0 Å². The Kier molecular flexibility index (Phi) is 4.21. The molecule has 0 aliphatic heterocycles. The molecule has 0 spiro atoms. The molecule has 0 radical (unpaired) electrons. The Balaban J connectivity index is 1.92. The van der Waals surface area contributed by atoms with Gasteiger partial charge in [0.1, 0.15) is 5.82 Å². The number of halogens is 1. The van der Waals surface area contributed by atoms with E-state index in [0.29, 0.717) is 5.69 Å². The van der Waals surface area contributed by atoms with Crippen molar-refractivity contribution in [2.75, 3.05) is 11.1 Å². The topological polar surface area (TPSA) is 57.8 Å². The van der Waals surface area contributed by atoms with E-state index in [2.05, 4.69) is 15.5 Å². The number of amides is 1. The van der Waals surface area contributed by atoms with Crippen molar-refractivity contribution in [3.05, 3.63) is 41.5 Å². The second-order valence-corrected chi connectivity index (χ2v) is 5.10. The Morgan fingerprint density at radius 2 is 2.26 bits per heavy atom. The molecule has 2 rings (SSSR count). The van der Waals surface area contributed by atoms with Gasteiger partial charge in [-0.25, -0.2) is 4.39 Å². The van der Waals surface area contributed by atoms with Gasteiger partial charge < -0.3 is 5.32 Å². The number of nitrogens with one attached hydrogen (secondary N) is 2. The highest BCUT2D eigenvalue weighted by Gasteiger charge is 2.10. The lowest BCUT2D eigenvalue weighted by Crippen LogP contribution is -2.14. The molecule has 100 valence electrons. The highest BCUT2D eigenvalue weighted by atomic mass is 32.2. The second kappa shape index (κ2) is 5.88. The largest absolute Gasteiger partial charge is 0.325 e. The summed E-state index contributed by atoms with van der Waals surface area (Å²) in [7, 11) is 0. The fourth-order valence-corrected chi connectivity index (χ4v) is 2.52. The lowest BCUT2D eigenvalue weighted by atomic mass is 10.3. The number of hydrogen-bond acceptors (Lipinski definition) is 3. The average Bonchev–Trinajstić information content (AvgIpc) is 2.67. The molecule has 0 fully saturated rings. The molecular weight excluding hydrogens is 265 g/mol. The molecule has 6 heteroatoms. The zero-order valence-corrected chi connectivity index (χ0v) is 11.5. The molecule has 4 nitrogen and oxygen atoms in total. The number of carbonyl (C=O) groups excluding carboxylic acids is 1. The number of nitrogens with zero attached hydrogens (tertiary/aromatic N) is 1. The zero-order valence-electron chi connectivity index (χ0n) is 10.7. The summed E-state index contributed by atoms with van der Waals surface area (Å²) in [6.45, 7) is 3.79. The van der Waals surface area contributed by atoms with E-state index in [9.17, 15) is 9.18 Å². The van der Waals surface area contributed by atoms with Crippen LogP contribution in [0.4, 0.5) is 10.1 Å². The number of hydrogen-bond donors (Lipinski definition) is 2. The van der Waals surface area contributed by atoms with Crippen LogP contribution in [0.2, 0.25) is 0 Å². The minimum absolute atomic E-state index is 0.171. The molecule has 0 aliphatic carbocycles. The summed E-state index contributed by atoms with van der Waals surface area (Å²) >= 11 is 1.41. The monoisotopic (exact) mass is 279 g/mol. The first-order valence-electron chi connectivity index (χ1n) is 5.76. The highest BCUT2D eigenvalue weighted by molar-refractivity contribution is 8.00. The van der Waals surface area contributed by atoms with Crippen molar-refractivity contribution in [2.45, 2.75) is 18.7 Å². The van der Waals surface area contributed by atoms with E-state index in [1.54, 1.807) is 12.1 Å². The third kappa shape index (κ3) is 3.57. The predicted molar refractivity (Wildman–Crippen MR) is 73.8 cm³/mol. The molecule has 0 unspecified atom stereocenters. The van der Waals surface area contributed by atoms with Crippen LogP contribution in [-0.4, -0.2) is 21.9 Å². The maximum Gasteiger partial charge on any atom is 0.234 e. The molecule has 0 atom stereocenters. The number of aromatic amines is 1.